The molecule has 0 aliphatic carbocycles. The van der Waals surface area contributed by atoms with Crippen molar-refractivity contribution in [3.63, 3.8) is 0 Å². The monoisotopic (exact) mass is 497 g/mol. The van der Waals surface area contributed by atoms with Gasteiger partial charge >= 0.3 is 0 Å². The fourth-order valence-electron chi connectivity index (χ4n) is 4.99. The number of halogens is 1. The van der Waals surface area contributed by atoms with E-state index in [1.54, 1.807) is 41.4 Å². The highest BCUT2D eigenvalue weighted by molar-refractivity contribution is 6.04. The van der Waals surface area contributed by atoms with Crippen molar-refractivity contribution in [1.82, 2.24) is 29.6 Å². The number of rotatable bonds is 4. The van der Waals surface area contributed by atoms with Crippen LogP contribution < -0.4 is 5.32 Å². The molecule has 1 atom stereocenters. The molecule has 186 valence electrons. The number of carbonyl (C=O) groups excluding carboxylic acids is 2. The molecule has 1 aromatic carbocycles. The Morgan fingerprint density at radius 3 is 2.78 bits per heavy atom. The quantitative estimate of drug-likeness (QED) is 0.459. The van der Waals surface area contributed by atoms with Gasteiger partial charge in [-0.1, -0.05) is 12.1 Å². The number of nitrogens with zero attached hydrogens (tertiary/aromatic N) is 6. The molecule has 0 unspecified atom stereocenters. The molecule has 5 heterocycles. The van der Waals surface area contributed by atoms with E-state index in [-0.39, 0.29) is 29.9 Å². The fourth-order valence-corrected chi connectivity index (χ4v) is 4.99. The second kappa shape index (κ2) is 9.20. The van der Waals surface area contributed by atoms with E-state index in [1.165, 1.54) is 12.1 Å². The highest BCUT2D eigenvalue weighted by atomic mass is 19.1. The van der Waals surface area contributed by atoms with Gasteiger partial charge in [-0.25, -0.2) is 9.37 Å². The summed E-state index contributed by atoms with van der Waals surface area (Å²) in [5, 5.41) is 11.2. The summed E-state index contributed by atoms with van der Waals surface area (Å²) in [6.45, 7) is 2.84. The third-order valence-electron chi connectivity index (χ3n) is 6.93. The lowest BCUT2D eigenvalue weighted by atomic mass is 9.96. The van der Waals surface area contributed by atoms with Crippen LogP contribution in [-0.4, -0.2) is 48.0 Å². The fraction of sp³-hybridized carbons (Fsp3) is 0.259. The van der Waals surface area contributed by atoms with E-state index >= 15 is 0 Å². The van der Waals surface area contributed by atoms with Crippen LogP contribution in [0.25, 0.3) is 11.5 Å². The Kier molecular flexibility index (Phi) is 5.71. The van der Waals surface area contributed by atoms with Crippen LogP contribution in [0.4, 0.5) is 10.2 Å². The van der Waals surface area contributed by atoms with E-state index in [0.717, 1.165) is 29.8 Å². The average Bonchev–Trinajstić information content (AvgIpc) is 3.51. The summed E-state index contributed by atoms with van der Waals surface area (Å²) in [5.41, 5.74) is 2.35. The van der Waals surface area contributed by atoms with Gasteiger partial charge in [0.2, 0.25) is 0 Å². The Morgan fingerprint density at radius 1 is 1.05 bits per heavy atom. The molecule has 0 spiro atoms. The second-order valence-electron chi connectivity index (χ2n) is 9.35. The molecule has 0 radical (unpaired) electrons. The predicted molar refractivity (Wildman–Crippen MR) is 133 cm³/mol. The summed E-state index contributed by atoms with van der Waals surface area (Å²) in [7, 11) is 0. The first-order valence-electron chi connectivity index (χ1n) is 12.2. The number of nitrogens with one attached hydrogen (secondary N) is 1. The van der Waals surface area contributed by atoms with Crippen LogP contribution in [0, 0.1) is 5.82 Å². The first kappa shape index (κ1) is 23.0. The second-order valence-corrected chi connectivity index (χ2v) is 9.35. The predicted octanol–water partition coefficient (Wildman–Crippen LogP) is 3.83. The van der Waals surface area contributed by atoms with Gasteiger partial charge in [0.25, 0.3) is 11.8 Å². The van der Waals surface area contributed by atoms with Gasteiger partial charge in [0, 0.05) is 31.7 Å². The van der Waals surface area contributed by atoms with E-state index in [1.807, 2.05) is 6.07 Å². The molecular formula is C27H24FN7O2. The van der Waals surface area contributed by atoms with Gasteiger partial charge < -0.3 is 14.8 Å². The minimum Gasteiger partial charge on any atom is -0.333 e. The molecule has 0 saturated heterocycles. The van der Waals surface area contributed by atoms with Crippen LogP contribution >= 0.6 is 0 Å². The molecular weight excluding hydrogens is 473 g/mol. The summed E-state index contributed by atoms with van der Waals surface area (Å²) in [5.74, 6) is 0.435. The van der Waals surface area contributed by atoms with Crippen LogP contribution in [0.15, 0.2) is 54.7 Å². The van der Waals surface area contributed by atoms with Crippen molar-refractivity contribution in [3.05, 3.63) is 88.8 Å². The highest BCUT2D eigenvalue weighted by Gasteiger charge is 2.27. The number of pyridine rings is 2. The lowest BCUT2D eigenvalue weighted by Crippen LogP contribution is -2.36. The van der Waals surface area contributed by atoms with E-state index in [2.05, 4.69) is 37.0 Å². The summed E-state index contributed by atoms with van der Waals surface area (Å²) in [6, 6.07) is 13.6. The standard InChI is InChI=1S/C27H24FN7O2/c1-16-8-9-24-32-33-25(35(16)24)21-6-4-7-23(30-21)31-26(36)19-13-18-15-34(12-10-17(18)14-20(19)28)27(37)22-5-2-3-11-29-22/h2-7,11,13-14,16H,8-10,12,15H2,1H3,(H,30,31,36)/t16-/m1/s1. The maximum absolute atomic E-state index is 15.0. The molecule has 0 saturated carbocycles. The Morgan fingerprint density at radius 2 is 1.95 bits per heavy atom. The first-order chi connectivity index (χ1) is 18.0. The molecule has 3 aromatic heterocycles. The molecule has 0 fully saturated rings. The maximum atomic E-state index is 15.0. The Balaban J connectivity index is 1.23. The van der Waals surface area contributed by atoms with E-state index in [9.17, 15) is 14.0 Å². The molecule has 9 nitrogen and oxygen atoms in total. The van der Waals surface area contributed by atoms with Gasteiger partial charge in [-0.05, 0) is 67.3 Å². The lowest BCUT2D eigenvalue weighted by Gasteiger charge is -2.29. The minimum absolute atomic E-state index is 0.102. The zero-order valence-electron chi connectivity index (χ0n) is 20.2. The molecule has 10 heteroatoms. The summed E-state index contributed by atoms with van der Waals surface area (Å²) < 4.78 is 17.0. The van der Waals surface area contributed by atoms with Gasteiger partial charge in [0.1, 0.15) is 28.8 Å². The molecule has 0 bridgehead atoms. The number of aromatic nitrogens is 5. The number of amides is 2. The Hall–Kier alpha value is -4.47. The summed E-state index contributed by atoms with van der Waals surface area (Å²) >= 11 is 0. The average molecular weight is 498 g/mol. The largest absolute Gasteiger partial charge is 0.333 e. The van der Waals surface area contributed by atoms with Gasteiger partial charge in [-0.2, -0.15) is 0 Å². The van der Waals surface area contributed by atoms with Crippen molar-refractivity contribution in [2.75, 3.05) is 11.9 Å². The zero-order chi connectivity index (χ0) is 25.5. The van der Waals surface area contributed by atoms with Crippen LogP contribution in [0.5, 0.6) is 0 Å². The number of hydrogen-bond donors (Lipinski definition) is 1. The van der Waals surface area contributed by atoms with Gasteiger partial charge in [-0.3, -0.25) is 14.6 Å². The molecule has 37 heavy (non-hydrogen) atoms. The normalized spacial score (nSPS) is 16.3. The maximum Gasteiger partial charge on any atom is 0.272 e. The third kappa shape index (κ3) is 4.24. The molecule has 2 aliphatic heterocycles. The van der Waals surface area contributed by atoms with Crippen molar-refractivity contribution in [2.45, 2.75) is 38.8 Å². The SMILES string of the molecule is C[C@@H]1CCc2nnc(-c3cccc(NC(=O)c4cc5c(cc4F)CCN(C(=O)c4ccccn4)C5)n3)n21. The summed E-state index contributed by atoms with van der Waals surface area (Å²) in [4.78, 5) is 36.3. The van der Waals surface area contributed by atoms with Crippen LogP contribution in [0.1, 0.15) is 57.2 Å². The van der Waals surface area contributed by atoms with Crippen molar-refractivity contribution in [3.8, 4) is 11.5 Å². The zero-order valence-corrected chi connectivity index (χ0v) is 20.2. The topological polar surface area (TPSA) is 106 Å². The molecule has 1 N–H and O–H groups in total. The number of fused-ring (bicyclic) bond motifs is 2. The number of hydrogen-bond acceptors (Lipinski definition) is 6. The highest BCUT2D eigenvalue weighted by Crippen LogP contribution is 2.30. The third-order valence-corrected chi connectivity index (χ3v) is 6.93. The number of benzene rings is 1. The minimum atomic E-state index is -0.613. The van der Waals surface area contributed by atoms with Crippen LogP contribution in [0.3, 0.4) is 0 Å². The van der Waals surface area contributed by atoms with Gasteiger partial charge in [0.05, 0.1) is 5.56 Å². The molecule has 2 aliphatic rings. The van der Waals surface area contributed by atoms with Crippen molar-refractivity contribution >= 4 is 17.6 Å². The van der Waals surface area contributed by atoms with Gasteiger partial charge in [0.15, 0.2) is 5.82 Å². The van der Waals surface area contributed by atoms with Crippen LogP contribution in [0.2, 0.25) is 0 Å². The number of anilines is 1. The summed E-state index contributed by atoms with van der Waals surface area (Å²) in [6.07, 6.45) is 3.93. The van der Waals surface area contributed by atoms with Crippen molar-refractivity contribution in [1.29, 1.82) is 0 Å². The van der Waals surface area contributed by atoms with E-state index in [0.29, 0.717) is 30.2 Å². The van der Waals surface area contributed by atoms with E-state index < -0.39 is 11.7 Å². The lowest BCUT2D eigenvalue weighted by molar-refractivity contribution is 0.0728. The Labute approximate surface area is 212 Å². The molecule has 2 amide bonds. The molecule has 6 rings (SSSR count). The van der Waals surface area contributed by atoms with Crippen molar-refractivity contribution < 1.29 is 14.0 Å². The molecule has 4 aromatic rings. The van der Waals surface area contributed by atoms with E-state index in [4.69, 9.17) is 0 Å². The van der Waals surface area contributed by atoms with Crippen molar-refractivity contribution in [2.24, 2.45) is 0 Å². The smallest absolute Gasteiger partial charge is 0.272 e. The number of aryl methyl sites for hydroxylation is 1. The first-order valence-corrected chi connectivity index (χ1v) is 12.2. The van der Waals surface area contributed by atoms with Gasteiger partial charge in [-0.15, -0.1) is 10.2 Å². The van der Waals surface area contributed by atoms with Crippen LogP contribution in [-0.2, 0) is 19.4 Å². The number of carbonyl (C=O) groups is 2. The Bertz CT molecular complexity index is 1520.